The summed E-state index contributed by atoms with van der Waals surface area (Å²) in [4.78, 5) is 25.3. The van der Waals surface area contributed by atoms with E-state index in [2.05, 4.69) is 13.2 Å². The predicted molar refractivity (Wildman–Crippen MR) is 121 cm³/mol. The zero-order chi connectivity index (χ0) is 21.1. The predicted octanol–water partition coefficient (Wildman–Crippen LogP) is 7.04. The fraction of sp³-hybridized carbons (Fsp3) is 0.0833. The van der Waals surface area contributed by atoms with Crippen molar-refractivity contribution in [3.63, 3.8) is 0 Å². The van der Waals surface area contributed by atoms with Crippen LogP contribution in [0.25, 0.3) is 21.9 Å². The summed E-state index contributed by atoms with van der Waals surface area (Å²) in [5.41, 5.74) is 2.07. The Labute approximate surface area is 177 Å². The van der Waals surface area contributed by atoms with E-state index >= 15 is 0 Å². The molecule has 0 radical (unpaired) electrons. The van der Waals surface area contributed by atoms with Gasteiger partial charge in [-0.25, -0.2) is 4.39 Å². The molecule has 0 aliphatic rings. The van der Waals surface area contributed by atoms with E-state index in [1.165, 1.54) is 6.07 Å². The molecule has 0 spiro atoms. The maximum Gasteiger partial charge on any atom is 0.219 e. The Bertz CT molecular complexity index is 1160. The van der Waals surface area contributed by atoms with Gasteiger partial charge in [-0.15, -0.1) is 0 Å². The third-order valence-electron chi connectivity index (χ3n) is 4.22. The molecule has 3 aromatic carbocycles. The van der Waals surface area contributed by atoms with Gasteiger partial charge in [-0.3, -0.25) is 9.59 Å². The minimum absolute atomic E-state index is 0.0994. The lowest BCUT2D eigenvalue weighted by Crippen LogP contribution is -1.94. The third kappa shape index (κ3) is 4.69. The standard InChI is InChI=1S/C24H19FO2S2/c1-14(2)23(26)28-16-9-10-19(21(25)13-16)18-11-12-22(29-24(27)15(3)4)20-8-6-5-7-17(18)20/h5-13H,1,3H2,2,4H3. The van der Waals surface area contributed by atoms with E-state index in [4.69, 9.17) is 0 Å². The van der Waals surface area contributed by atoms with Crippen LogP contribution >= 0.6 is 23.5 Å². The number of hydrogen-bond acceptors (Lipinski definition) is 4. The normalized spacial score (nSPS) is 10.7. The van der Waals surface area contributed by atoms with Gasteiger partial charge in [0.25, 0.3) is 0 Å². The zero-order valence-electron chi connectivity index (χ0n) is 16.1. The van der Waals surface area contributed by atoms with E-state index in [9.17, 15) is 14.0 Å². The van der Waals surface area contributed by atoms with Crippen LogP contribution in [-0.4, -0.2) is 10.2 Å². The van der Waals surface area contributed by atoms with Crippen molar-refractivity contribution in [2.24, 2.45) is 0 Å². The first-order valence-electron chi connectivity index (χ1n) is 8.85. The molecule has 0 aliphatic heterocycles. The van der Waals surface area contributed by atoms with Crippen LogP contribution < -0.4 is 0 Å². The molecule has 2 nitrogen and oxygen atoms in total. The Balaban J connectivity index is 2.05. The average Bonchev–Trinajstić information content (AvgIpc) is 2.68. The topological polar surface area (TPSA) is 34.1 Å². The number of rotatable bonds is 5. The van der Waals surface area contributed by atoms with Gasteiger partial charge >= 0.3 is 0 Å². The number of carbonyl (C=O) groups is 2. The zero-order valence-corrected chi connectivity index (χ0v) is 17.8. The average molecular weight is 423 g/mol. The lowest BCUT2D eigenvalue weighted by Gasteiger charge is -2.12. The molecule has 3 rings (SSSR count). The van der Waals surface area contributed by atoms with Gasteiger partial charge in [0.2, 0.25) is 10.2 Å². The van der Waals surface area contributed by atoms with Crippen molar-refractivity contribution >= 4 is 44.5 Å². The Morgan fingerprint density at radius 1 is 0.793 bits per heavy atom. The highest BCUT2D eigenvalue weighted by atomic mass is 32.2. The lowest BCUT2D eigenvalue weighted by atomic mass is 9.98. The molecule has 0 heterocycles. The third-order valence-corrected chi connectivity index (χ3v) is 6.36. The Kier molecular flexibility index (Phi) is 6.40. The molecule has 5 heteroatoms. The highest BCUT2D eigenvalue weighted by Gasteiger charge is 2.15. The minimum atomic E-state index is -0.409. The van der Waals surface area contributed by atoms with Crippen molar-refractivity contribution < 1.29 is 14.0 Å². The monoisotopic (exact) mass is 422 g/mol. The van der Waals surface area contributed by atoms with Crippen LogP contribution in [0.5, 0.6) is 0 Å². The Morgan fingerprint density at radius 2 is 1.38 bits per heavy atom. The molecule has 0 amide bonds. The molecule has 0 aromatic heterocycles. The van der Waals surface area contributed by atoms with Crippen LogP contribution in [-0.2, 0) is 9.59 Å². The first kappa shape index (κ1) is 21.1. The van der Waals surface area contributed by atoms with Gasteiger partial charge in [0.1, 0.15) is 5.82 Å². The highest BCUT2D eigenvalue weighted by Crippen LogP contribution is 2.38. The molecule has 0 fully saturated rings. The van der Waals surface area contributed by atoms with Gasteiger partial charge in [0.15, 0.2) is 0 Å². The van der Waals surface area contributed by atoms with E-state index < -0.39 is 5.82 Å². The Morgan fingerprint density at radius 3 is 2.00 bits per heavy atom. The van der Waals surface area contributed by atoms with Gasteiger partial charge in [-0.1, -0.05) is 49.6 Å². The van der Waals surface area contributed by atoms with Gasteiger partial charge in [0, 0.05) is 15.4 Å². The number of halogens is 1. The largest absolute Gasteiger partial charge is 0.282 e. The lowest BCUT2D eigenvalue weighted by molar-refractivity contribution is -0.108. The van der Waals surface area contributed by atoms with Crippen LogP contribution in [0.2, 0.25) is 0 Å². The second kappa shape index (κ2) is 8.80. The second-order valence-corrected chi connectivity index (χ2v) is 8.70. The van der Waals surface area contributed by atoms with Gasteiger partial charge in [0.05, 0.1) is 0 Å². The van der Waals surface area contributed by atoms with Crippen LogP contribution in [0.15, 0.2) is 88.7 Å². The van der Waals surface area contributed by atoms with Crippen molar-refractivity contribution in [2.45, 2.75) is 23.6 Å². The smallest absolute Gasteiger partial charge is 0.219 e. The van der Waals surface area contributed by atoms with Crippen LogP contribution in [0, 0.1) is 5.82 Å². The summed E-state index contributed by atoms with van der Waals surface area (Å²) in [5, 5.41) is 1.44. The maximum atomic E-state index is 14.9. The summed E-state index contributed by atoms with van der Waals surface area (Å²) in [7, 11) is 0. The summed E-state index contributed by atoms with van der Waals surface area (Å²) in [5.74, 6) is -0.409. The molecule has 146 valence electrons. The van der Waals surface area contributed by atoms with Crippen LogP contribution in [0.1, 0.15) is 13.8 Å². The van der Waals surface area contributed by atoms with Crippen molar-refractivity contribution in [3.05, 3.63) is 84.7 Å². The van der Waals surface area contributed by atoms with Crippen LogP contribution in [0.4, 0.5) is 4.39 Å². The first-order chi connectivity index (χ1) is 13.8. The molecule has 0 saturated carbocycles. The summed E-state index contributed by atoms with van der Waals surface area (Å²) < 4.78 is 14.9. The summed E-state index contributed by atoms with van der Waals surface area (Å²) in [6.07, 6.45) is 0. The van der Waals surface area contributed by atoms with Gasteiger partial charge < -0.3 is 0 Å². The van der Waals surface area contributed by atoms with Crippen molar-refractivity contribution in [1.82, 2.24) is 0 Å². The van der Waals surface area contributed by atoms with E-state index in [1.54, 1.807) is 26.0 Å². The van der Waals surface area contributed by atoms with E-state index in [0.717, 1.165) is 44.8 Å². The first-order valence-corrected chi connectivity index (χ1v) is 10.5. The second-order valence-electron chi connectivity index (χ2n) is 6.64. The molecule has 3 aromatic rings. The number of benzene rings is 3. The molecule has 0 N–H and O–H groups in total. The molecule has 0 aliphatic carbocycles. The van der Waals surface area contributed by atoms with E-state index in [-0.39, 0.29) is 10.2 Å². The molecule has 0 saturated heterocycles. The summed E-state index contributed by atoms with van der Waals surface area (Å²) in [6.45, 7) is 10.6. The number of thioether (sulfide) groups is 2. The minimum Gasteiger partial charge on any atom is -0.282 e. The van der Waals surface area contributed by atoms with Gasteiger partial charge in [-0.05, 0) is 83.1 Å². The molecule has 0 unspecified atom stereocenters. The summed E-state index contributed by atoms with van der Waals surface area (Å²) in [6, 6.07) is 16.0. The van der Waals surface area contributed by atoms with Crippen molar-refractivity contribution in [1.29, 1.82) is 0 Å². The van der Waals surface area contributed by atoms with Crippen molar-refractivity contribution in [3.8, 4) is 11.1 Å². The highest BCUT2D eigenvalue weighted by molar-refractivity contribution is 8.14. The van der Waals surface area contributed by atoms with E-state index in [1.807, 2.05) is 36.4 Å². The number of hydrogen-bond donors (Lipinski definition) is 0. The molecule has 0 bridgehead atoms. The summed E-state index contributed by atoms with van der Waals surface area (Å²) >= 11 is 2.08. The SMILES string of the molecule is C=C(C)C(=O)Sc1ccc(-c2ccc(SC(=O)C(=C)C)c3ccccc23)c(F)c1. The fourth-order valence-electron chi connectivity index (χ4n) is 2.75. The van der Waals surface area contributed by atoms with Gasteiger partial charge in [-0.2, -0.15) is 0 Å². The molecule has 29 heavy (non-hydrogen) atoms. The molecule has 0 atom stereocenters. The molecular formula is C24H19FO2S2. The van der Waals surface area contributed by atoms with Crippen LogP contribution in [0.3, 0.4) is 0 Å². The quantitative estimate of drug-likeness (QED) is 0.326. The van der Waals surface area contributed by atoms with Crippen molar-refractivity contribution in [2.75, 3.05) is 0 Å². The number of fused-ring (bicyclic) bond motifs is 1. The van der Waals surface area contributed by atoms with E-state index in [0.29, 0.717) is 21.6 Å². The number of carbonyl (C=O) groups excluding carboxylic acids is 2. The molecular weight excluding hydrogens is 403 g/mol. The maximum absolute atomic E-state index is 14.9. The Hall–Kier alpha value is -2.63. The fourth-order valence-corrected chi connectivity index (χ4v) is 4.24.